The Morgan fingerprint density at radius 3 is 3.05 bits per heavy atom. The number of methoxy groups -OCH3 is 1. The molecular formula is C14H12ClN3OS. The molecule has 0 fully saturated rings. The Morgan fingerprint density at radius 1 is 1.30 bits per heavy atom. The summed E-state index contributed by atoms with van der Waals surface area (Å²) in [5.74, 6) is 1.57. The summed E-state index contributed by atoms with van der Waals surface area (Å²) in [7, 11) is 1.64. The van der Waals surface area contributed by atoms with Crippen molar-refractivity contribution in [1.82, 2.24) is 9.97 Å². The third kappa shape index (κ3) is 2.42. The molecule has 0 atom stereocenters. The van der Waals surface area contributed by atoms with Crippen LogP contribution in [0.5, 0.6) is 5.75 Å². The third-order valence-electron chi connectivity index (χ3n) is 2.99. The first-order chi connectivity index (χ1) is 9.79. The van der Waals surface area contributed by atoms with Gasteiger partial charge in [-0.15, -0.1) is 11.3 Å². The number of anilines is 1. The van der Waals surface area contributed by atoms with Gasteiger partial charge in [0.25, 0.3) is 0 Å². The molecule has 102 valence electrons. The highest BCUT2D eigenvalue weighted by molar-refractivity contribution is 7.16. The van der Waals surface area contributed by atoms with Crippen LogP contribution in [0.4, 0.5) is 5.82 Å². The van der Waals surface area contributed by atoms with Crippen LogP contribution >= 0.6 is 22.9 Å². The number of hydrogen-bond donors (Lipinski definition) is 1. The molecule has 0 aliphatic heterocycles. The van der Waals surface area contributed by atoms with Crippen molar-refractivity contribution >= 4 is 39.0 Å². The molecule has 0 radical (unpaired) electrons. The van der Waals surface area contributed by atoms with Crippen LogP contribution in [0.1, 0.15) is 5.56 Å². The minimum atomic E-state index is 0.546. The van der Waals surface area contributed by atoms with Gasteiger partial charge in [-0.1, -0.05) is 17.7 Å². The molecule has 1 N–H and O–H groups in total. The number of halogens is 1. The number of hydrogen-bond acceptors (Lipinski definition) is 5. The van der Waals surface area contributed by atoms with Crippen molar-refractivity contribution in [3.05, 3.63) is 46.6 Å². The van der Waals surface area contributed by atoms with Crippen molar-refractivity contribution in [2.45, 2.75) is 6.54 Å². The molecule has 0 unspecified atom stereocenters. The number of ether oxygens (including phenoxy) is 1. The maximum Gasteiger partial charge on any atom is 0.138 e. The van der Waals surface area contributed by atoms with Crippen LogP contribution in [-0.2, 0) is 6.54 Å². The summed E-state index contributed by atoms with van der Waals surface area (Å²) < 4.78 is 5.33. The van der Waals surface area contributed by atoms with E-state index >= 15 is 0 Å². The Balaban J connectivity index is 1.88. The number of benzene rings is 1. The van der Waals surface area contributed by atoms with Gasteiger partial charge in [-0.2, -0.15) is 0 Å². The van der Waals surface area contributed by atoms with Gasteiger partial charge in [0.2, 0.25) is 0 Å². The number of rotatable bonds is 4. The van der Waals surface area contributed by atoms with E-state index in [0.29, 0.717) is 11.6 Å². The molecule has 0 saturated heterocycles. The quantitative estimate of drug-likeness (QED) is 0.792. The van der Waals surface area contributed by atoms with E-state index in [1.54, 1.807) is 24.8 Å². The van der Waals surface area contributed by atoms with Crippen molar-refractivity contribution in [1.29, 1.82) is 0 Å². The first kappa shape index (κ1) is 13.1. The zero-order valence-electron chi connectivity index (χ0n) is 10.8. The maximum absolute atomic E-state index is 6.22. The maximum atomic E-state index is 6.22. The molecule has 0 aliphatic carbocycles. The van der Waals surface area contributed by atoms with Gasteiger partial charge in [-0.05, 0) is 23.6 Å². The lowest BCUT2D eigenvalue weighted by Gasteiger charge is -2.12. The molecule has 0 saturated carbocycles. The highest BCUT2D eigenvalue weighted by Gasteiger charge is 2.09. The van der Waals surface area contributed by atoms with Gasteiger partial charge in [0.1, 0.15) is 22.7 Å². The highest BCUT2D eigenvalue weighted by Crippen LogP contribution is 2.28. The smallest absolute Gasteiger partial charge is 0.138 e. The van der Waals surface area contributed by atoms with Gasteiger partial charge in [-0.25, -0.2) is 9.97 Å². The van der Waals surface area contributed by atoms with Crippen LogP contribution in [-0.4, -0.2) is 17.1 Å². The molecule has 0 amide bonds. The molecule has 0 spiro atoms. The average Bonchev–Trinajstić information content (AvgIpc) is 2.94. The Morgan fingerprint density at radius 2 is 2.20 bits per heavy atom. The average molecular weight is 306 g/mol. The van der Waals surface area contributed by atoms with E-state index in [-0.39, 0.29) is 0 Å². The molecule has 3 rings (SSSR count). The molecule has 0 aliphatic rings. The van der Waals surface area contributed by atoms with Crippen LogP contribution in [0.15, 0.2) is 36.0 Å². The van der Waals surface area contributed by atoms with Gasteiger partial charge in [-0.3, -0.25) is 0 Å². The van der Waals surface area contributed by atoms with E-state index in [1.165, 1.54) is 0 Å². The fraction of sp³-hybridized carbons (Fsp3) is 0.143. The standard InChI is InChI=1S/C14H12ClN3OS/c1-19-12-4-2-3-11(15)10(12)7-16-13-9-5-6-20-14(9)18-8-17-13/h2-6,8H,7H2,1H3,(H,16,17,18). The highest BCUT2D eigenvalue weighted by atomic mass is 35.5. The van der Waals surface area contributed by atoms with Gasteiger partial charge < -0.3 is 10.1 Å². The summed E-state index contributed by atoms with van der Waals surface area (Å²) >= 11 is 7.81. The summed E-state index contributed by atoms with van der Waals surface area (Å²) in [5, 5.41) is 6.99. The predicted octanol–water partition coefficient (Wildman–Crippen LogP) is 3.97. The second-order valence-electron chi connectivity index (χ2n) is 4.14. The molecule has 4 nitrogen and oxygen atoms in total. The van der Waals surface area contributed by atoms with Crippen molar-refractivity contribution in [3.63, 3.8) is 0 Å². The number of aromatic nitrogens is 2. The lowest BCUT2D eigenvalue weighted by Crippen LogP contribution is -2.04. The zero-order chi connectivity index (χ0) is 13.9. The third-order valence-corrected chi connectivity index (χ3v) is 4.16. The lowest BCUT2D eigenvalue weighted by atomic mass is 10.2. The molecule has 3 aromatic rings. The summed E-state index contributed by atoms with van der Waals surface area (Å²) in [6.07, 6.45) is 1.56. The summed E-state index contributed by atoms with van der Waals surface area (Å²) in [4.78, 5) is 9.47. The monoisotopic (exact) mass is 305 g/mol. The van der Waals surface area contributed by atoms with Crippen molar-refractivity contribution < 1.29 is 4.74 Å². The molecule has 6 heteroatoms. The topological polar surface area (TPSA) is 47.0 Å². The number of nitrogens with one attached hydrogen (secondary N) is 1. The van der Waals surface area contributed by atoms with Crippen LogP contribution in [0.2, 0.25) is 5.02 Å². The first-order valence-electron chi connectivity index (χ1n) is 6.03. The molecule has 0 bridgehead atoms. The summed E-state index contributed by atoms with van der Waals surface area (Å²) in [6.45, 7) is 0.546. The zero-order valence-corrected chi connectivity index (χ0v) is 12.3. The van der Waals surface area contributed by atoms with E-state index in [4.69, 9.17) is 16.3 Å². The lowest BCUT2D eigenvalue weighted by molar-refractivity contribution is 0.410. The Hall–Kier alpha value is -1.85. The van der Waals surface area contributed by atoms with Gasteiger partial charge in [0, 0.05) is 17.1 Å². The minimum Gasteiger partial charge on any atom is -0.496 e. The molecule has 2 heterocycles. The second-order valence-corrected chi connectivity index (χ2v) is 5.44. The number of fused-ring (bicyclic) bond motifs is 1. The first-order valence-corrected chi connectivity index (χ1v) is 7.29. The van der Waals surface area contributed by atoms with Crippen molar-refractivity contribution in [2.75, 3.05) is 12.4 Å². The normalized spacial score (nSPS) is 10.7. The number of nitrogens with zero attached hydrogens (tertiary/aromatic N) is 2. The second kappa shape index (κ2) is 5.64. The van der Waals surface area contributed by atoms with Gasteiger partial charge >= 0.3 is 0 Å². The summed E-state index contributed by atoms with van der Waals surface area (Å²) in [6, 6.07) is 7.61. The van der Waals surface area contributed by atoms with Crippen molar-refractivity contribution in [2.24, 2.45) is 0 Å². The van der Waals surface area contributed by atoms with E-state index in [9.17, 15) is 0 Å². The predicted molar refractivity (Wildman–Crippen MR) is 82.7 cm³/mol. The van der Waals surface area contributed by atoms with Crippen LogP contribution in [0.25, 0.3) is 10.2 Å². The van der Waals surface area contributed by atoms with Gasteiger partial charge in [0.15, 0.2) is 0 Å². The molecule has 2 aromatic heterocycles. The Kier molecular flexibility index (Phi) is 3.71. The Bertz CT molecular complexity index is 744. The van der Waals surface area contributed by atoms with E-state index in [0.717, 1.165) is 27.3 Å². The number of thiophene rings is 1. The van der Waals surface area contributed by atoms with E-state index < -0.39 is 0 Å². The fourth-order valence-electron chi connectivity index (χ4n) is 2.00. The van der Waals surface area contributed by atoms with E-state index in [2.05, 4.69) is 15.3 Å². The van der Waals surface area contributed by atoms with Crippen LogP contribution in [0, 0.1) is 0 Å². The molecule has 20 heavy (non-hydrogen) atoms. The molecule has 1 aromatic carbocycles. The van der Waals surface area contributed by atoms with E-state index in [1.807, 2.05) is 29.6 Å². The van der Waals surface area contributed by atoms with Gasteiger partial charge in [0.05, 0.1) is 12.5 Å². The van der Waals surface area contributed by atoms with Crippen molar-refractivity contribution in [3.8, 4) is 5.75 Å². The SMILES string of the molecule is COc1cccc(Cl)c1CNc1ncnc2sccc12. The fourth-order valence-corrected chi connectivity index (χ4v) is 2.97. The van der Waals surface area contributed by atoms with Crippen LogP contribution in [0.3, 0.4) is 0 Å². The Labute approximate surface area is 125 Å². The largest absolute Gasteiger partial charge is 0.496 e. The molecular weight excluding hydrogens is 294 g/mol. The van der Waals surface area contributed by atoms with Crippen LogP contribution < -0.4 is 10.1 Å². The summed E-state index contributed by atoms with van der Waals surface area (Å²) in [5.41, 5.74) is 0.915. The minimum absolute atomic E-state index is 0.546.